The molecule has 3 heteroatoms. The van der Waals surface area contributed by atoms with Crippen LogP contribution in [0.1, 0.15) is 22.3 Å². The van der Waals surface area contributed by atoms with Gasteiger partial charge in [-0.15, -0.1) is 0 Å². The second kappa shape index (κ2) is 5.92. The van der Waals surface area contributed by atoms with Gasteiger partial charge in [0, 0.05) is 18.7 Å². The van der Waals surface area contributed by atoms with Gasteiger partial charge in [-0.05, 0) is 41.8 Å². The van der Waals surface area contributed by atoms with Crippen LogP contribution in [0.15, 0.2) is 60.7 Å². The van der Waals surface area contributed by atoms with E-state index in [0.717, 1.165) is 6.42 Å². The van der Waals surface area contributed by atoms with Crippen LogP contribution in [0.4, 0.5) is 4.39 Å². The van der Waals surface area contributed by atoms with Crippen molar-refractivity contribution in [2.75, 3.05) is 13.1 Å². The predicted octanol–water partition coefficient (Wildman–Crippen LogP) is 3.76. The minimum atomic E-state index is -0.323. The van der Waals surface area contributed by atoms with Gasteiger partial charge in [0.25, 0.3) is 5.91 Å². The number of amides is 1. The summed E-state index contributed by atoms with van der Waals surface area (Å²) < 4.78 is 12.9. The van der Waals surface area contributed by atoms with E-state index in [0.29, 0.717) is 18.7 Å². The Labute approximate surface area is 123 Å². The van der Waals surface area contributed by atoms with Gasteiger partial charge in [-0.3, -0.25) is 4.79 Å². The van der Waals surface area contributed by atoms with Crippen molar-refractivity contribution in [3.8, 4) is 0 Å². The summed E-state index contributed by atoms with van der Waals surface area (Å²) in [5, 5.41) is 0. The van der Waals surface area contributed by atoms with E-state index in [1.807, 2.05) is 18.2 Å². The number of hydrogen-bond acceptors (Lipinski definition) is 1. The third-order valence-electron chi connectivity index (χ3n) is 3.73. The molecular formula is C18H16FNO. The molecule has 0 radical (unpaired) electrons. The molecule has 2 aromatic rings. The van der Waals surface area contributed by atoms with Gasteiger partial charge < -0.3 is 4.90 Å². The van der Waals surface area contributed by atoms with E-state index in [2.05, 4.69) is 18.2 Å². The zero-order chi connectivity index (χ0) is 14.7. The lowest BCUT2D eigenvalue weighted by Gasteiger charge is -2.26. The van der Waals surface area contributed by atoms with Crippen molar-refractivity contribution in [3.05, 3.63) is 77.6 Å². The Kier molecular flexibility index (Phi) is 3.82. The third-order valence-corrected chi connectivity index (χ3v) is 3.73. The number of nitrogens with zero attached hydrogens (tertiary/aromatic N) is 1. The summed E-state index contributed by atoms with van der Waals surface area (Å²) in [5.41, 5.74) is 3.03. The van der Waals surface area contributed by atoms with Crippen molar-refractivity contribution in [3.63, 3.8) is 0 Å². The van der Waals surface area contributed by atoms with Crippen LogP contribution in [0.25, 0.3) is 5.57 Å². The average molecular weight is 281 g/mol. The molecule has 21 heavy (non-hydrogen) atoms. The molecule has 1 heterocycles. The second-order valence-corrected chi connectivity index (χ2v) is 5.10. The predicted molar refractivity (Wildman–Crippen MR) is 81.3 cm³/mol. The monoisotopic (exact) mass is 281 g/mol. The molecule has 106 valence electrons. The molecule has 0 aromatic heterocycles. The average Bonchev–Trinajstić information content (AvgIpc) is 2.56. The Bertz CT molecular complexity index is 661. The molecule has 0 saturated heterocycles. The van der Waals surface area contributed by atoms with Gasteiger partial charge in [0.15, 0.2) is 0 Å². The number of halogens is 1. The second-order valence-electron chi connectivity index (χ2n) is 5.10. The lowest BCUT2D eigenvalue weighted by Crippen LogP contribution is -2.34. The topological polar surface area (TPSA) is 20.3 Å². The van der Waals surface area contributed by atoms with Crippen molar-refractivity contribution in [1.82, 2.24) is 4.90 Å². The van der Waals surface area contributed by atoms with Crippen molar-refractivity contribution in [2.24, 2.45) is 0 Å². The molecule has 0 bridgehead atoms. The molecule has 0 saturated carbocycles. The molecule has 0 unspecified atom stereocenters. The first kappa shape index (κ1) is 13.6. The molecule has 0 N–H and O–H groups in total. The van der Waals surface area contributed by atoms with Crippen LogP contribution >= 0.6 is 0 Å². The van der Waals surface area contributed by atoms with Gasteiger partial charge in [0.05, 0.1) is 0 Å². The first-order valence-corrected chi connectivity index (χ1v) is 7.03. The highest BCUT2D eigenvalue weighted by Gasteiger charge is 2.19. The number of hydrogen-bond donors (Lipinski definition) is 0. The molecule has 0 fully saturated rings. The summed E-state index contributed by atoms with van der Waals surface area (Å²) in [6, 6.07) is 15.9. The summed E-state index contributed by atoms with van der Waals surface area (Å²) in [7, 11) is 0. The third kappa shape index (κ3) is 3.02. The maximum Gasteiger partial charge on any atom is 0.254 e. The summed E-state index contributed by atoms with van der Waals surface area (Å²) in [6.07, 6.45) is 2.94. The van der Waals surface area contributed by atoms with Crippen molar-refractivity contribution in [1.29, 1.82) is 0 Å². The standard InChI is InChI=1S/C18H16FNO/c19-17-8-6-16(7-9-17)18(21)20-12-10-15(11-13-20)14-4-2-1-3-5-14/h1-10H,11-13H2. The van der Waals surface area contributed by atoms with E-state index in [1.165, 1.54) is 35.4 Å². The largest absolute Gasteiger partial charge is 0.335 e. The normalized spacial score (nSPS) is 14.7. The van der Waals surface area contributed by atoms with Crippen LogP contribution in [0.3, 0.4) is 0 Å². The molecule has 2 aromatic carbocycles. The van der Waals surface area contributed by atoms with E-state index in [9.17, 15) is 9.18 Å². The van der Waals surface area contributed by atoms with E-state index >= 15 is 0 Å². The van der Waals surface area contributed by atoms with Crippen LogP contribution in [0.5, 0.6) is 0 Å². The number of benzene rings is 2. The Hall–Kier alpha value is -2.42. The molecule has 0 atom stereocenters. The van der Waals surface area contributed by atoms with Crippen LogP contribution < -0.4 is 0 Å². The van der Waals surface area contributed by atoms with Crippen LogP contribution in [-0.2, 0) is 0 Å². The summed E-state index contributed by atoms with van der Waals surface area (Å²) in [4.78, 5) is 14.1. The fourth-order valence-corrected chi connectivity index (χ4v) is 2.54. The Morgan fingerprint density at radius 2 is 1.71 bits per heavy atom. The highest BCUT2D eigenvalue weighted by Crippen LogP contribution is 2.22. The van der Waals surface area contributed by atoms with Crippen molar-refractivity contribution >= 4 is 11.5 Å². The minimum Gasteiger partial charge on any atom is -0.335 e. The molecular weight excluding hydrogens is 265 g/mol. The smallest absolute Gasteiger partial charge is 0.254 e. The Balaban J connectivity index is 1.72. The molecule has 0 spiro atoms. The van der Waals surface area contributed by atoms with Gasteiger partial charge in [-0.2, -0.15) is 0 Å². The Morgan fingerprint density at radius 1 is 1.00 bits per heavy atom. The van der Waals surface area contributed by atoms with Crippen LogP contribution in [0.2, 0.25) is 0 Å². The lowest BCUT2D eigenvalue weighted by atomic mass is 9.99. The summed E-state index contributed by atoms with van der Waals surface area (Å²) in [6.45, 7) is 1.29. The van der Waals surface area contributed by atoms with Gasteiger partial charge in [-0.25, -0.2) is 4.39 Å². The van der Waals surface area contributed by atoms with Crippen molar-refractivity contribution < 1.29 is 9.18 Å². The molecule has 3 rings (SSSR count). The summed E-state index contributed by atoms with van der Waals surface area (Å²) in [5.74, 6) is -0.366. The SMILES string of the molecule is O=C(c1ccc(F)cc1)N1CC=C(c2ccccc2)CC1. The maximum atomic E-state index is 12.9. The molecule has 1 aliphatic rings. The maximum absolute atomic E-state index is 12.9. The molecule has 2 nitrogen and oxygen atoms in total. The Morgan fingerprint density at radius 3 is 2.33 bits per heavy atom. The van der Waals surface area contributed by atoms with Gasteiger partial charge >= 0.3 is 0 Å². The summed E-state index contributed by atoms with van der Waals surface area (Å²) >= 11 is 0. The number of carbonyl (C=O) groups excluding carboxylic acids is 1. The quantitative estimate of drug-likeness (QED) is 0.821. The number of rotatable bonds is 2. The zero-order valence-electron chi connectivity index (χ0n) is 11.6. The zero-order valence-corrected chi connectivity index (χ0v) is 11.6. The fourth-order valence-electron chi connectivity index (χ4n) is 2.54. The van der Waals surface area contributed by atoms with Gasteiger partial charge in [-0.1, -0.05) is 36.4 Å². The first-order chi connectivity index (χ1) is 10.2. The van der Waals surface area contributed by atoms with Gasteiger partial charge in [0.2, 0.25) is 0 Å². The van der Waals surface area contributed by atoms with Crippen molar-refractivity contribution in [2.45, 2.75) is 6.42 Å². The van der Waals surface area contributed by atoms with E-state index in [1.54, 1.807) is 4.90 Å². The molecule has 1 amide bonds. The minimum absolute atomic E-state index is 0.0432. The fraction of sp³-hybridized carbons (Fsp3) is 0.167. The number of carbonyl (C=O) groups is 1. The van der Waals surface area contributed by atoms with E-state index in [4.69, 9.17) is 0 Å². The van der Waals surface area contributed by atoms with E-state index in [-0.39, 0.29) is 11.7 Å². The lowest BCUT2D eigenvalue weighted by molar-refractivity contribution is 0.0773. The highest BCUT2D eigenvalue weighted by atomic mass is 19.1. The van der Waals surface area contributed by atoms with Crippen LogP contribution in [-0.4, -0.2) is 23.9 Å². The van der Waals surface area contributed by atoms with Gasteiger partial charge in [0.1, 0.15) is 5.82 Å². The molecule has 1 aliphatic heterocycles. The van der Waals surface area contributed by atoms with E-state index < -0.39 is 0 Å². The first-order valence-electron chi connectivity index (χ1n) is 7.03. The molecule has 0 aliphatic carbocycles. The van der Waals surface area contributed by atoms with Crippen LogP contribution in [0, 0.1) is 5.82 Å². The highest BCUT2D eigenvalue weighted by molar-refractivity contribution is 5.94.